The molecule has 25 heavy (non-hydrogen) atoms. The summed E-state index contributed by atoms with van der Waals surface area (Å²) in [5.74, 6) is 2.56. The number of carbonyl (C=O) groups excluding carboxylic acids is 1. The minimum atomic E-state index is -0.204. The summed E-state index contributed by atoms with van der Waals surface area (Å²) in [7, 11) is 1.78. The number of rotatable bonds is 10. The minimum Gasteiger partial charge on any atom is -0.458 e. The van der Waals surface area contributed by atoms with Crippen LogP contribution >= 0.6 is 11.8 Å². The Morgan fingerprint density at radius 3 is 2.80 bits per heavy atom. The molecule has 0 aromatic carbocycles. The third kappa shape index (κ3) is 10.8. The largest absolute Gasteiger partial charge is 0.458 e. The molecule has 0 aromatic rings. The molecule has 2 unspecified atom stereocenters. The first kappa shape index (κ1) is 22.3. The van der Waals surface area contributed by atoms with E-state index >= 15 is 0 Å². The molecule has 0 saturated carbocycles. The first-order chi connectivity index (χ1) is 11.8. The Morgan fingerprint density at radius 1 is 1.40 bits per heavy atom. The van der Waals surface area contributed by atoms with E-state index in [-0.39, 0.29) is 17.7 Å². The van der Waals surface area contributed by atoms with Crippen LogP contribution in [0.25, 0.3) is 0 Å². The average Bonchev–Trinajstić information content (AvgIpc) is 2.55. The Bertz CT molecular complexity index is 448. The lowest BCUT2D eigenvalue weighted by atomic mass is 9.95. The van der Waals surface area contributed by atoms with Crippen LogP contribution in [0.3, 0.4) is 0 Å². The molecule has 0 amide bonds. The smallest absolute Gasteiger partial charge is 0.331 e. The molecule has 1 aliphatic heterocycles. The van der Waals surface area contributed by atoms with E-state index < -0.39 is 0 Å². The highest BCUT2D eigenvalue weighted by Crippen LogP contribution is 2.21. The van der Waals surface area contributed by atoms with Gasteiger partial charge in [0, 0.05) is 18.9 Å². The van der Waals surface area contributed by atoms with Gasteiger partial charge >= 0.3 is 5.97 Å². The molecule has 1 rings (SSSR count). The Hall–Kier alpha value is -0.740. The summed E-state index contributed by atoms with van der Waals surface area (Å²) in [6.45, 7) is 8.50. The van der Waals surface area contributed by atoms with Crippen LogP contribution in [0.15, 0.2) is 23.8 Å². The zero-order valence-corrected chi connectivity index (χ0v) is 17.5. The molecule has 144 valence electrons. The highest BCUT2D eigenvalue weighted by molar-refractivity contribution is 7.99. The summed E-state index contributed by atoms with van der Waals surface area (Å²) in [5.41, 5.74) is 0.938. The normalized spacial score (nSPS) is 20.7. The Kier molecular flexibility index (Phi) is 10.5. The zero-order valence-electron chi connectivity index (χ0n) is 16.7. The highest BCUT2D eigenvalue weighted by Gasteiger charge is 2.17. The molecule has 1 heterocycles. The lowest BCUT2D eigenvalue weighted by Gasteiger charge is -2.23. The third-order valence-corrected chi connectivity index (χ3v) is 5.88. The van der Waals surface area contributed by atoms with Gasteiger partial charge in [0.15, 0.2) is 0 Å². The van der Waals surface area contributed by atoms with Gasteiger partial charge in [-0.15, -0.1) is 0 Å². The average molecular weight is 369 g/mol. The Morgan fingerprint density at radius 2 is 2.16 bits per heavy atom. The second kappa shape index (κ2) is 11.8. The number of carbonyl (C=O) groups is 1. The molecule has 1 aliphatic rings. The van der Waals surface area contributed by atoms with Crippen molar-refractivity contribution in [3.63, 3.8) is 0 Å². The van der Waals surface area contributed by atoms with Crippen LogP contribution in [-0.4, -0.2) is 36.3 Å². The van der Waals surface area contributed by atoms with Crippen molar-refractivity contribution >= 4 is 17.7 Å². The summed E-state index contributed by atoms with van der Waals surface area (Å²) < 4.78 is 11.0. The summed E-state index contributed by atoms with van der Waals surface area (Å²) >= 11 is 1.87. The van der Waals surface area contributed by atoms with E-state index in [0.29, 0.717) is 5.92 Å². The van der Waals surface area contributed by atoms with Gasteiger partial charge in [0.05, 0.1) is 5.60 Å². The number of thioether (sulfide) groups is 1. The molecule has 3 nitrogen and oxygen atoms in total. The van der Waals surface area contributed by atoms with E-state index in [1.807, 2.05) is 24.8 Å². The zero-order chi connectivity index (χ0) is 18.7. The van der Waals surface area contributed by atoms with Gasteiger partial charge in [-0.2, -0.15) is 11.8 Å². The lowest BCUT2D eigenvalue weighted by Crippen LogP contribution is -2.23. The predicted octanol–water partition coefficient (Wildman–Crippen LogP) is 5.55. The molecule has 1 fully saturated rings. The fourth-order valence-corrected chi connectivity index (χ4v) is 3.85. The molecule has 0 bridgehead atoms. The van der Waals surface area contributed by atoms with Gasteiger partial charge in [-0.3, -0.25) is 0 Å². The van der Waals surface area contributed by atoms with Crippen LogP contribution in [0.2, 0.25) is 0 Å². The van der Waals surface area contributed by atoms with Crippen LogP contribution in [-0.2, 0) is 14.3 Å². The second-order valence-electron chi connectivity index (χ2n) is 7.76. The molecule has 0 aromatic heterocycles. The Balaban J connectivity index is 2.25. The van der Waals surface area contributed by atoms with E-state index in [1.54, 1.807) is 13.2 Å². The van der Waals surface area contributed by atoms with E-state index in [2.05, 4.69) is 26.8 Å². The van der Waals surface area contributed by atoms with Crippen molar-refractivity contribution in [3.05, 3.63) is 23.8 Å². The number of hydrogen-bond acceptors (Lipinski definition) is 4. The van der Waals surface area contributed by atoms with Crippen LogP contribution in [0.5, 0.6) is 0 Å². The van der Waals surface area contributed by atoms with E-state index in [4.69, 9.17) is 9.47 Å². The van der Waals surface area contributed by atoms with E-state index in [9.17, 15) is 4.79 Å². The topological polar surface area (TPSA) is 35.5 Å². The Labute approximate surface area is 158 Å². The third-order valence-electron chi connectivity index (χ3n) is 4.69. The van der Waals surface area contributed by atoms with Crippen molar-refractivity contribution in [2.45, 2.75) is 77.9 Å². The van der Waals surface area contributed by atoms with Crippen molar-refractivity contribution in [1.82, 2.24) is 0 Å². The summed E-state index contributed by atoms with van der Waals surface area (Å²) in [5, 5.41) is 0. The lowest BCUT2D eigenvalue weighted by molar-refractivity contribution is -0.142. The first-order valence-corrected chi connectivity index (χ1v) is 10.7. The molecular formula is C21H36O3S. The van der Waals surface area contributed by atoms with E-state index in [0.717, 1.165) is 37.0 Å². The van der Waals surface area contributed by atoms with Gasteiger partial charge < -0.3 is 9.47 Å². The fraction of sp³-hybridized carbons (Fsp3) is 0.762. The molecule has 0 radical (unpaired) electrons. The van der Waals surface area contributed by atoms with Gasteiger partial charge in [0.1, 0.15) is 6.10 Å². The quantitative estimate of drug-likeness (QED) is 0.288. The van der Waals surface area contributed by atoms with Gasteiger partial charge in [-0.05, 0) is 63.7 Å². The molecule has 2 atom stereocenters. The maximum atomic E-state index is 11.9. The maximum Gasteiger partial charge on any atom is 0.331 e. The molecule has 0 N–H and O–H groups in total. The van der Waals surface area contributed by atoms with Crippen molar-refractivity contribution in [2.24, 2.45) is 5.92 Å². The number of ether oxygens (including phenoxy) is 2. The minimum absolute atomic E-state index is 0.0217. The fourth-order valence-electron chi connectivity index (χ4n) is 2.82. The van der Waals surface area contributed by atoms with Crippen LogP contribution in [0, 0.1) is 5.92 Å². The number of esters is 1. The molecule has 1 saturated heterocycles. The van der Waals surface area contributed by atoms with Gasteiger partial charge in [0.25, 0.3) is 0 Å². The summed E-state index contributed by atoms with van der Waals surface area (Å²) in [4.78, 5) is 11.9. The molecular weight excluding hydrogens is 332 g/mol. The number of methoxy groups -OCH3 is 1. The first-order valence-electron chi connectivity index (χ1n) is 9.51. The predicted molar refractivity (Wildman–Crippen MR) is 108 cm³/mol. The number of allylic oxidation sites excluding steroid dienone is 3. The second-order valence-corrected chi connectivity index (χ2v) is 8.91. The molecule has 0 aliphatic carbocycles. The summed E-state index contributed by atoms with van der Waals surface area (Å²) in [6.07, 6.45) is 12.5. The van der Waals surface area contributed by atoms with Crippen LogP contribution in [0.4, 0.5) is 0 Å². The SMILES string of the molecule is COC(C)(C)CCCC(C)CC=CC(C)=CC(=O)OC1CCCSC1. The molecule has 4 heteroatoms. The van der Waals surface area contributed by atoms with Gasteiger partial charge in [0.2, 0.25) is 0 Å². The number of hydrogen-bond donors (Lipinski definition) is 0. The van der Waals surface area contributed by atoms with Crippen molar-refractivity contribution in [3.8, 4) is 0 Å². The van der Waals surface area contributed by atoms with Gasteiger partial charge in [-0.25, -0.2) is 4.79 Å². The standard InChI is InChI=1S/C21H36O3S/c1-17(11-7-13-21(3,4)23-5)9-6-10-18(2)15-20(22)24-19-12-8-14-25-16-19/h6,10,15,17,19H,7-9,11-14,16H2,1-5H3. The molecule has 0 spiro atoms. The van der Waals surface area contributed by atoms with E-state index in [1.165, 1.54) is 18.6 Å². The van der Waals surface area contributed by atoms with Crippen molar-refractivity contribution < 1.29 is 14.3 Å². The summed E-state index contributed by atoms with van der Waals surface area (Å²) in [6, 6.07) is 0. The maximum absolute atomic E-state index is 11.9. The van der Waals surface area contributed by atoms with Crippen molar-refractivity contribution in [2.75, 3.05) is 18.6 Å². The van der Waals surface area contributed by atoms with Crippen molar-refractivity contribution in [1.29, 1.82) is 0 Å². The van der Waals surface area contributed by atoms with Gasteiger partial charge in [-0.1, -0.05) is 31.9 Å². The van der Waals surface area contributed by atoms with Crippen LogP contribution < -0.4 is 0 Å². The highest BCUT2D eigenvalue weighted by atomic mass is 32.2. The monoisotopic (exact) mass is 368 g/mol. The van der Waals surface area contributed by atoms with Crippen LogP contribution in [0.1, 0.15) is 66.2 Å².